The number of thiophene rings is 1. The van der Waals surface area contributed by atoms with Crippen LogP contribution in [-0.2, 0) is 27.8 Å². The SMILES string of the molecule is O=C(Nc1ccc2nc3n(c(=O)c2c1)CCC3)C1CCN(S(=O)(=O)c2cccs2)CC1. The molecule has 5 rings (SSSR count). The Labute approximate surface area is 183 Å². The third kappa shape index (κ3) is 3.68. The van der Waals surface area contributed by atoms with Crippen LogP contribution in [0.5, 0.6) is 0 Å². The first-order valence-electron chi connectivity index (χ1n) is 10.3. The van der Waals surface area contributed by atoms with Crippen molar-refractivity contribution >= 4 is 43.9 Å². The summed E-state index contributed by atoms with van der Waals surface area (Å²) >= 11 is 1.20. The summed E-state index contributed by atoms with van der Waals surface area (Å²) in [6.07, 6.45) is 2.65. The summed E-state index contributed by atoms with van der Waals surface area (Å²) in [5, 5.41) is 5.14. The first-order valence-corrected chi connectivity index (χ1v) is 12.6. The monoisotopic (exact) mass is 458 g/mol. The zero-order valence-electron chi connectivity index (χ0n) is 16.8. The maximum Gasteiger partial charge on any atom is 0.261 e. The molecular weight excluding hydrogens is 436 g/mol. The molecular formula is C21H22N4O4S2. The van der Waals surface area contributed by atoms with Gasteiger partial charge < -0.3 is 5.32 Å². The molecule has 4 heterocycles. The maximum absolute atomic E-state index is 12.8. The highest BCUT2D eigenvalue weighted by Gasteiger charge is 2.32. The van der Waals surface area contributed by atoms with Crippen LogP contribution in [-0.4, -0.2) is 41.3 Å². The first-order chi connectivity index (χ1) is 14.9. The van der Waals surface area contributed by atoms with Crippen molar-refractivity contribution in [3.63, 3.8) is 0 Å². The number of aryl methyl sites for hydroxylation is 1. The lowest BCUT2D eigenvalue weighted by atomic mass is 9.97. The number of sulfonamides is 1. The van der Waals surface area contributed by atoms with E-state index in [1.54, 1.807) is 40.3 Å². The number of fused-ring (bicyclic) bond motifs is 2. The molecule has 162 valence electrons. The molecule has 1 amide bonds. The van der Waals surface area contributed by atoms with E-state index >= 15 is 0 Å². The Balaban J connectivity index is 1.28. The smallest absolute Gasteiger partial charge is 0.261 e. The number of anilines is 1. The van der Waals surface area contributed by atoms with E-state index in [0.29, 0.717) is 53.3 Å². The van der Waals surface area contributed by atoms with Crippen LogP contribution in [0.4, 0.5) is 5.69 Å². The van der Waals surface area contributed by atoms with Gasteiger partial charge in [-0.25, -0.2) is 13.4 Å². The predicted molar refractivity (Wildman–Crippen MR) is 119 cm³/mol. The summed E-state index contributed by atoms with van der Waals surface area (Å²) in [6, 6.07) is 8.53. The Morgan fingerprint density at radius 2 is 1.97 bits per heavy atom. The Morgan fingerprint density at radius 1 is 1.16 bits per heavy atom. The normalized spacial score (nSPS) is 17.7. The summed E-state index contributed by atoms with van der Waals surface area (Å²) in [5.74, 6) is 0.394. The van der Waals surface area contributed by atoms with Crippen molar-refractivity contribution in [3.8, 4) is 0 Å². The number of amides is 1. The van der Waals surface area contributed by atoms with Crippen LogP contribution in [0.15, 0.2) is 44.7 Å². The van der Waals surface area contributed by atoms with Crippen molar-refractivity contribution in [3.05, 3.63) is 51.9 Å². The molecule has 1 fully saturated rings. The molecule has 0 saturated carbocycles. The number of hydrogen-bond donors (Lipinski definition) is 1. The molecule has 0 unspecified atom stereocenters. The van der Waals surface area contributed by atoms with Gasteiger partial charge in [0.15, 0.2) is 0 Å². The number of piperidine rings is 1. The highest BCUT2D eigenvalue weighted by atomic mass is 32.2. The van der Waals surface area contributed by atoms with Crippen molar-refractivity contribution < 1.29 is 13.2 Å². The molecule has 2 aliphatic rings. The minimum absolute atomic E-state index is 0.0688. The van der Waals surface area contributed by atoms with Gasteiger partial charge in [-0.2, -0.15) is 4.31 Å². The zero-order valence-corrected chi connectivity index (χ0v) is 18.4. The predicted octanol–water partition coefficient (Wildman–Crippen LogP) is 2.44. The molecule has 0 spiro atoms. The average Bonchev–Trinajstić information content (AvgIpc) is 3.47. The van der Waals surface area contributed by atoms with E-state index in [2.05, 4.69) is 10.3 Å². The number of rotatable bonds is 4. The number of nitrogens with one attached hydrogen (secondary N) is 1. The summed E-state index contributed by atoms with van der Waals surface area (Å²) in [7, 11) is -3.48. The van der Waals surface area contributed by atoms with E-state index < -0.39 is 10.0 Å². The third-order valence-corrected chi connectivity index (χ3v) is 9.27. The number of carbonyl (C=O) groups excluding carboxylic acids is 1. The Hall–Kier alpha value is -2.56. The molecule has 2 aromatic heterocycles. The van der Waals surface area contributed by atoms with Crippen molar-refractivity contribution in [1.29, 1.82) is 0 Å². The van der Waals surface area contributed by atoms with E-state index in [1.807, 2.05) is 0 Å². The van der Waals surface area contributed by atoms with Gasteiger partial charge in [-0.3, -0.25) is 14.2 Å². The number of benzene rings is 1. The number of carbonyl (C=O) groups is 1. The lowest BCUT2D eigenvalue weighted by molar-refractivity contribution is -0.120. The fourth-order valence-corrected chi connectivity index (χ4v) is 6.92. The molecule has 0 radical (unpaired) electrons. The van der Waals surface area contributed by atoms with Gasteiger partial charge in [0, 0.05) is 37.7 Å². The van der Waals surface area contributed by atoms with Gasteiger partial charge in [-0.1, -0.05) is 6.07 Å². The van der Waals surface area contributed by atoms with Crippen LogP contribution in [0.2, 0.25) is 0 Å². The molecule has 31 heavy (non-hydrogen) atoms. The topological polar surface area (TPSA) is 101 Å². The van der Waals surface area contributed by atoms with E-state index in [0.717, 1.165) is 18.7 Å². The first kappa shape index (κ1) is 20.3. The minimum atomic E-state index is -3.48. The summed E-state index contributed by atoms with van der Waals surface area (Å²) in [5.41, 5.74) is 1.13. The van der Waals surface area contributed by atoms with Crippen LogP contribution in [0.3, 0.4) is 0 Å². The largest absolute Gasteiger partial charge is 0.326 e. The maximum atomic E-state index is 12.8. The van der Waals surface area contributed by atoms with Crippen molar-refractivity contribution in [2.45, 2.75) is 36.4 Å². The van der Waals surface area contributed by atoms with E-state index in [4.69, 9.17) is 0 Å². The number of nitrogens with zero attached hydrogens (tertiary/aromatic N) is 3. The van der Waals surface area contributed by atoms with Crippen LogP contribution >= 0.6 is 11.3 Å². The molecule has 1 N–H and O–H groups in total. The molecule has 8 nitrogen and oxygen atoms in total. The summed E-state index contributed by atoms with van der Waals surface area (Å²) in [6.45, 7) is 1.31. The fraction of sp³-hybridized carbons (Fsp3) is 0.381. The second kappa shape index (κ2) is 7.85. The summed E-state index contributed by atoms with van der Waals surface area (Å²) < 4.78 is 28.8. The fourth-order valence-electron chi connectivity index (χ4n) is 4.30. The highest BCUT2D eigenvalue weighted by molar-refractivity contribution is 7.91. The lowest BCUT2D eigenvalue weighted by Gasteiger charge is -2.30. The molecule has 10 heteroatoms. The molecule has 3 aromatic rings. The Bertz CT molecular complexity index is 1310. The van der Waals surface area contributed by atoms with Crippen molar-refractivity contribution in [2.75, 3.05) is 18.4 Å². The molecule has 2 aliphatic heterocycles. The second-order valence-electron chi connectivity index (χ2n) is 7.92. The van der Waals surface area contributed by atoms with Crippen LogP contribution in [0.1, 0.15) is 25.1 Å². The minimum Gasteiger partial charge on any atom is -0.326 e. The highest BCUT2D eigenvalue weighted by Crippen LogP contribution is 2.27. The molecule has 1 aromatic carbocycles. The number of aromatic nitrogens is 2. The third-order valence-electron chi connectivity index (χ3n) is 6.00. The average molecular weight is 459 g/mol. The lowest BCUT2D eigenvalue weighted by Crippen LogP contribution is -2.41. The van der Waals surface area contributed by atoms with E-state index in [-0.39, 0.29) is 17.4 Å². The molecule has 1 saturated heterocycles. The van der Waals surface area contributed by atoms with Gasteiger partial charge in [0.2, 0.25) is 5.91 Å². The van der Waals surface area contributed by atoms with Crippen molar-refractivity contribution in [1.82, 2.24) is 13.9 Å². The quantitative estimate of drug-likeness (QED) is 0.647. The summed E-state index contributed by atoms with van der Waals surface area (Å²) in [4.78, 5) is 30.1. The van der Waals surface area contributed by atoms with E-state index in [1.165, 1.54) is 15.6 Å². The number of hydrogen-bond acceptors (Lipinski definition) is 6. The second-order valence-corrected chi connectivity index (χ2v) is 11.0. The van der Waals surface area contributed by atoms with Crippen LogP contribution in [0.25, 0.3) is 10.9 Å². The molecule has 0 atom stereocenters. The zero-order chi connectivity index (χ0) is 21.6. The van der Waals surface area contributed by atoms with Gasteiger partial charge in [0.05, 0.1) is 10.9 Å². The molecule has 0 aliphatic carbocycles. The Kier molecular flexibility index (Phi) is 5.15. The van der Waals surface area contributed by atoms with Gasteiger partial charge in [0.1, 0.15) is 10.0 Å². The van der Waals surface area contributed by atoms with E-state index in [9.17, 15) is 18.0 Å². The molecule has 0 bridgehead atoms. The standard InChI is InChI=1S/C21H22N4O4S2/c26-20(14-7-10-24(11-8-14)31(28,29)19-4-2-12-30-19)22-15-5-6-17-16(13-15)21(27)25-9-1-3-18(25)23-17/h2,4-6,12-14H,1,3,7-11H2,(H,22,26). The van der Waals surface area contributed by atoms with Crippen LogP contribution < -0.4 is 10.9 Å². The van der Waals surface area contributed by atoms with Crippen LogP contribution in [0, 0.1) is 5.92 Å². The van der Waals surface area contributed by atoms with Gasteiger partial charge in [0.25, 0.3) is 15.6 Å². The Morgan fingerprint density at radius 3 is 2.71 bits per heavy atom. The van der Waals surface area contributed by atoms with Crippen molar-refractivity contribution in [2.24, 2.45) is 5.92 Å². The van der Waals surface area contributed by atoms with Gasteiger partial charge >= 0.3 is 0 Å². The van der Waals surface area contributed by atoms with Gasteiger partial charge in [-0.15, -0.1) is 11.3 Å². The van der Waals surface area contributed by atoms with Gasteiger partial charge in [-0.05, 0) is 48.9 Å².